The molecule has 0 radical (unpaired) electrons. The van der Waals surface area contributed by atoms with Gasteiger partial charge in [-0.25, -0.2) is 0 Å². The predicted molar refractivity (Wildman–Crippen MR) is 67.3 cm³/mol. The minimum atomic E-state index is -0.149. The van der Waals surface area contributed by atoms with E-state index in [0.717, 1.165) is 19.3 Å². The monoisotopic (exact) mass is 226 g/mol. The van der Waals surface area contributed by atoms with Gasteiger partial charge in [0.05, 0.1) is 6.10 Å². The molecule has 1 heterocycles. The highest BCUT2D eigenvalue weighted by atomic mass is 32.1. The van der Waals surface area contributed by atoms with E-state index < -0.39 is 0 Å². The minimum Gasteiger partial charge on any atom is -0.392 e. The predicted octanol–water partition coefficient (Wildman–Crippen LogP) is 3.87. The molecule has 0 spiro atoms. The SMILES string of the molecule is CCCC(CCC)C(O)Cc1cccs1. The maximum Gasteiger partial charge on any atom is 0.0616 e. The number of rotatable bonds is 7. The van der Waals surface area contributed by atoms with E-state index in [2.05, 4.69) is 31.4 Å². The fourth-order valence-corrected chi connectivity index (χ4v) is 2.83. The quantitative estimate of drug-likeness (QED) is 0.748. The molecule has 1 unspecified atom stereocenters. The Balaban J connectivity index is 2.44. The lowest BCUT2D eigenvalue weighted by Crippen LogP contribution is -2.22. The van der Waals surface area contributed by atoms with Gasteiger partial charge in [-0.05, 0) is 30.2 Å². The van der Waals surface area contributed by atoms with Crippen LogP contribution in [0.3, 0.4) is 0 Å². The first kappa shape index (κ1) is 12.7. The maximum absolute atomic E-state index is 10.1. The van der Waals surface area contributed by atoms with E-state index in [1.165, 1.54) is 17.7 Å². The summed E-state index contributed by atoms with van der Waals surface area (Å²) in [6.45, 7) is 4.39. The van der Waals surface area contributed by atoms with Gasteiger partial charge in [0.2, 0.25) is 0 Å². The summed E-state index contributed by atoms with van der Waals surface area (Å²) in [6.07, 6.45) is 5.34. The van der Waals surface area contributed by atoms with Crippen LogP contribution in [0, 0.1) is 5.92 Å². The topological polar surface area (TPSA) is 20.2 Å². The van der Waals surface area contributed by atoms with Crippen LogP contribution in [0.4, 0.5) is 0 Å². The first-order valence-corrected chi connectivity index (χ1v) is 6.86. The van der Waals surface area contributed by atoms with Crippen LogP contribution in [0.1, 0.15) is 44.4 Å². The Kier molecular flexibility index (Phi) is 5.96. The largest absolute Gasteiger partial charge is 0.392 e. The Morgan fingerprint density at radius 3 is 2.40 bits per heavy atom. The molecule has 86 valence electrons. The van der Waals surface area contributed by atoms with Crippen LogP contribution in [-0.2, 0) is 6.42 Å². The van der Waals surface area contributed by atoms with Crippen molar-refractivity contribution in [3.05, 3.63) is 22.4 Å². The highest BCUT2D eigenvalue weighted by Crippen LogP contribution is 2.22. The van der Waals surface area contributed by atoms with Gasteiger partial charge in [0.15, 0.2) is 0 Å². The summed E-state index contributed by atoms with van der Waals surface area (Å²) in [7, 11) is 0. The Morgan fingerprint density at radius 1 is 1.27 bits per heavy atom. The van der Waals surface area contributed by atoms with E-state index in [0.29, 0.717) is 5.92 Å². The zero-order valence-electron chi connectivity index (χ0n) is 9.78. The molecular formula is C13H22OS. The standard InChI is InChI=1S/C13H22OS/c1-3-6-11(7-4-2)13(14)10-12-8-5-9-15-12/h5,8-9,11,13-14H,3-4,6-7,10H2,1-2H3. The van der Waals surface area contributed by atoms with Crippen LogP contribution in [-0.4, -0.2) is 11.2 Å². The first-order valence-electron chi connectivity index (χ1n) is 5.98. The average Bonchev–Trinajstić information content (AvgIpc) is 2.70. The Morgan fingerprint density at radius 2 is 1.93 bits per heavy atom. The van der Waals surface area contributed by atoms with E-state index in [1.807, 2.05) is 0 Å². The van der Waals surface area contributed by atoms with Gasteiger partial charge in [-0.2, -0.15) is 0 Å². The van der Waals surface area contributed by atoms with Crippen molar-refractivity contribution in [3.63, 3.8) is 0 Å². The van der Waals surface area contributed by atoms with Crippen LogP contribution in [0.5, 0.6) is 0 Å². The second kappa shape index (κ2) is 7.02. The van der Waals surface area contributed by atoms with Crippen molar-refractivity contribution in [2.45, 2.75) is 52.1 Å². The van der Waals surface area contributed by atoms with E-state index >= 15 is 0 Å². The van der Waals surface area contributed by atoms with Crippen LogP contribution >= 0.6 is 11.3 Å². The second-order valence-electron chi connectivity index (χ2n) is 4.19. The molecule has 0 aliphatic rings. The van der Waals surface area contributed by atoms with Crippen molar-refractivity contribution in [1.82, 2.24) is 0 Å². The summed E-state index contributed by atoms with van der Waals surface area (Å²) in [5.74, 6) is 0.488. The zero-order chi connectivity index (χ0) is 11.1. The molecule has 0 fully saturated rings. The van der Waals surface area contributed by atoms with E-state index in [4.69, 9.17) is 0 Å². The summed E-state index contributed by atoms with van der Waals surface area (Å²) in [4.78, 5) is 1.31. The molecular weight excluding hydrogens is 204 g/mol. The fraction of sp³-hybridized carbons (Fsp3) is 0.692. The van der Waals surface area contributed by atoms with Crippen molar-refractivity contribution in [3.8, 4) is 0 Å². The summed E-state index contributed by atoms with van der Waals surface area (Å²) >= 11 is 1.74. The van der Waals surface area contributed by atoms with Gasteiger partial charge >= 0.3 is 0 Å². The third kappa shape index (κ3) is 4.35. The molecule has 0 aromatic carbocycles. The van der Waals surface area contributed by atoms with E-state index in [-0.39, 0.29) is 6.10 Å². The molecule has 0 bridgehead atoms. The van der Waals surface area contributed by atoms with Gasteiger partial charge in [0.1, 0.15) is 0 Å². The third-order valence-corrected chi connectivity index (χ3v) is 3.75. The molecule has 0 aliphatic heterocycles. The molecule has 0 saturated carbocycles. The molecule has 2 heteroatoms. The zero-order valence-corrected chi connectivity index (χ0v) is 10.6. The van der Waals surface area contributed by atoms with Crippen molar-refractivity contribution in [2.75, 3.05) is 0 Å². The molecule has 1 N–H and O–H groups in total. The summed E-state index contributed by atoms with van der Waals surface area (Å²) < 4.78 is 0. The van der Waals surface area contributed by atoms with Gasteiger partial charge in [0, 0.05) is 11.3 Å². The first-order chi connectivity index (χ1) is 7.27. The second-order valence-corrected chi connectivity index (χ2v) is 5.22. The number of aliphatic hydroxyl groups excluding tert-OH is 1. The molecule has 1 atom stereocenters. The van der Waals surface area contributed by atoms with Crippen LogP contribution in [0.15, 0.2) is 17.5 Å². The lowest BCUT2D eigenvalue weighted by molar-refractivity contribution is 0.0971. The highest BCUT2D eigenvalue weighted by Gasteiger charge is 2.18. The molecule has 0 saturated heterocycles. The van der Waals surface area contributed by atoms with Crippen LogP contribution in [0.2, 0.25) is 0 Å². The maximum atomic E-state index is 10.1. The molecule has 0 aliphatic carbocycles. The normalized spacial score (nSPS) is 13.3. The molecule has 1 aromatic rings. The Labute approximate surface area is 97.2 Å². The number of aliphatic hydroxyl groups is 1. The molecule has 1 nitrogen and oxygen atoms in total. The number of hydrogen-bond donors (Lipinski definition) is 1. The summed E-state index contributed by atoms with van der Waals surface area (Å²) in [6, 6.07) is 4.17. The smallest absolute Gasteiger partial charge is 0.0616 e. The van der Waals surface area contributed by atoms with Gasteiger partial charge in [-0.15, -0.1) is 11.3 Å². The molecule has 15 heavy (non-hydrogen) atoms. The van der Waals surface area contributed by atoms with Crippen molar-refractivity contribution >= 4 is 11.3 Å². The number of hydrogen-bond acceptors (Lipinski definition) is 2. The summed E-state index contributed by atoms with van der Waals surface area (Å²) in [5.41, 5.74) is 0. The van der Waals surface area contributed by atoms with E-state index in [1.54, 1.807) is 11.3 Å². The molecule has 0 amide bonds. The van der Waals surface area contributed by atoms with Gasteiger partial charge < -0.3 is 5.11 Å². The Bertz CT molecular complexity index is 237. The van der Waals surface area contributed by atoms with Gasteiger partial charge in [-0.3, -0.25) is 0 Å². The highest BCUT2D eigenvalue weighted by molar-refractivity contribution is 7.09. The van der Waals surface area contributed by atoms with Crippen molar-refractivity contribution in [2.24, 2.45) is 5.92 Å². The van der Waals surface area contributed by atoms with Gasteiger partial charge in [-0.1, -0.05) is 32.8 Å². The third-order valence-electron chi connectivity index (χ3n) is 2.85. The molecule has 1 rings (SSSR count). The van der Waals surface area contributed by atoms with Crippen LogP contribution < -0.4 is 0 Å². The fourth-order valence-electron chi connectivity index (χ4n) is 2.07. The summed E-state index contributed by atoms with van der Waals surface area (Å²) in [5, 5.41) is 12.2. The lowest BCUT2D eigenvalue weighted by Gasteiger charge is -2.21. The van der Waals surface area contributed by atoms with Crippen molar-refractivity contribution in [1.29, 1.82) is 0 Å². The Hall–Kier alpha value is -0.340. The molecule has 1 aromatic heterocycles. The van der Waals surface area contributed by atoms with Gasteiger partial charge in [0.25, 0.3) is 0 Å². The number of thiophene rings is 1. The minimum absolute atomic E-state index is 0.149. The van der Waals surface area contributed by atoms with Crippen molar-refractivity contribution < 1.29 is 5.11 Å². The lowest BCUT2D eigenvalue weighted by atomic mass is 9.90. The van der Waals surface area contributed by atoms with E-state index in [9.17, 15) is 5.11 Å². The van der Waals surface area contributed by atoms with Crippen LogP contribution in [0.25, 0.3) is 0 Å². The average molecular weight is 226 g/mol.